The van der Waals surface area contributed by atoms with Crippen LogP contribution in [-0.2, 0) is 0 Å². The fourth-order valence-corrected chi connectivity index (χ4v) is 2.21. The van der Waals surface area contributed by atoms with E-state index in [2.05, 4.69) is 13.8 Å². The van der Waals surface area contributed by atoms with Gasteiger partial charge >= 0.3 is 0 Å². The smallest absolute Gasteiger partial charge is 0.125 e. The summed E-state index contributed by atoms with van der Waals surface area (Å²) in [6.07, 6.45) is 0. The van der Waals surface area contributed by atoms with Crippen molar-refractivity contribution in [2.45, 2.75) is 19.1 Å². The standard InChI is InChI=1S/C10H12ClFS/c1-3-13-7(2)8-4-9(11)6-10(12)5-8/h4-7H,3H2,1-2H3. The Bertz CT molecular complexity index is 268. The van der Waals surface area contributed by atoms with Crippen LogP contribution in [0.15, 0.2) is 18.2 Å². The first-order chi connectivity index (χ1) is 6.13. The molecule has 72 valence electrons. The van der Waals surface area contributed by atoms with Crippen molar-refractivity contribution in [3.63, 3.8) is 0 Å². The van der Waals surface area contributed by atoms with Crippen molar-refractivity contribution in [3.05, 3.63) is 34.6 Å². The van der Waals surface area contributed by atoms with E-state index in [-0.39, 0.29) is 5.82 Å². The third-order valence-corrected chi connectivity index (χ3v) is 3.09. The molecule has 0 amide bonds. The fourth-order valence-electron chi connectivity index (χ4n) is 1.16. The molecular weight excluding hydrogens is 207 g/mol. The van der Waals surface area contributed by atoms with Crippen molar-refractivity contribution in [1.29, 1.82) is 0 Å². The average Bonchev–Trinajstić information content (AvgIpc) is 2.03. The molecule has 1 unspecified atom stereocenters. The van der Waals surface area contributed by atoms with E-state index < -0.39 is 0 Å². The molecule has 0 aromatic heterocycles. The minimum absolute atomic E-state index is 0.258. The van der Waals surface area contributed by atoms with Gasteiger partial charge in [0.25, 0.3) is 0 Å². The van der Waals surface area contributed by atoms with E-state index in [1.165, 1.54) is 6.07 Å². The van der Waals surface area contributed by atoms with Crippen LogP contribution in [-0.4, -0.2) is 5.75 Å². The van der Waals surface area contributed by atoms with Crippen molar-refractivity contribution in [1.82, 2.24) is 0 Å². The SMILES string of the molecule is CCSC(C)c1cc(F)cc(Cl)c1. The van der Waals surface area contributed by atoms with Crippen LogP contribution in [0.5, 0.6) is 0 Å². The quantitative estimate of drug-likeness (QED) is 0.729. The number of halogens is 2. The molecule has 0 aliphatic rings. The molecule has 0 aliphatic carbocycles. The summed E-state index contributed by atoms with van der Waals surface area (Å²) in [5.74, 6) is 0.765. The zero-order valence-electron chi connectivity index (χ0n) is 7.68. The summed E-state index contributed by atoms with van der Waals surface area (Å²) >= 11 is 7.52. The summed E-state index contributed by atoms with van der Waals surface area (Å²) in [4.78, 5) is 0. The zero-order chi connectivity index (χ0) is 9.84. The van der Waals surface area contributed by atoms with Gasteiger partial charge < -0.3 is 0 Å². The van der Waals surface area contributed by atoms with Gasteiger partial charge in [-0.1, -0.05) is 18.5 Å². The lowest BCUT2D eigenvalue weighted by molar-refractivity contribution is 0.625. The summed E-state index contributed by atoms with van der Waals surface area (Å²) in [6.45, 7) is 4.14. The number of hydrogen-bond donors (Lipinski definition) is 0. The molecule has 0 heterocycles. The maximum absolute atomic E-state index is 12.9. The highest BCUT2D eigenvalue weighted by molar-refractivity contribution is 7.99. The van der Waals surface area contributed by atoms with E-state index >= 15 is 0 Å². The van der Waals surface area contributed by atoms with Crippen LogP contribution in [0, 0.1) is 5.82 Å². The molecule has 1 rings (SSSR count). The third-order valence-electron chi connectivity index (χ3n) is 1.77. The minimum atomic E-state index is -0.258. The highest BCUT2D eigenvalue weighted by Crippen LogP contribution is 2.29. The average molecular weight is 219 g/mol. The van der Waals surface area contributed by atoms with Gasteiger partial charge in [0.1, 0.15) is 5.82 Å². The van der Waals surface area contributed by atoms with Gasteiger partial charge in [-0.25, -0.2) is 4.39 Å². The lowest BCUT2D eigenvalue weighted by atomic mass is 10.2. The Morgan fingerprint density at radius 1 is 1.46 bits per heavy atom. The first kappa shape index (κ1) is 10.9. The molecule has 1 aromatic carbocycles. The second-order valence-corrected chi connectivity index (χ2v) is 4.85. The molecule has 1 atom stereocenters. The van der Waals surface area contributed by atoms with Gasteiger partial charge in [-0.2, -0.15) is 11.8 Å². The molecule has 13 heavy (non-hydrogen) atoms. The molecule has 0 spiro atoms. The Labute approximate surface area is 87.5 Å². The first-order valence-electron chi connectivity index (χ1n) is 4.21. The molecule has 0 saturated heterocycles. The van der Waals surface area contributed by atoms with Crippen LogP contribution in [0.2, 0.25) is 5.02 Å². The van der Waals surface area contributed by atoms with Crippen molar-refractivity contribution >= 4 is 23.4 Å². The predicted molar refractivity (Wildman–Crippen MR) is 58.0 cm³/mol. The maximum atomic E-state index is 12.9. The lowest BCUT2D eigenvalue weighted by Crippen LogP contribution is -1.90. The van der Waals surface area contributed by atoms with E-state index in [0.29, 0.717) is 10.3 Å². The van der Waals surface area contributed by atoms with Gasteiger partial charge in [-0.3, -0.25) is 0 Å². The molecule has 0 radical (unpaired) electrons. The molecule has 0 fully saturated rings. The van der Waals surface area contributed by atoms with Gasteiger partial charge in [-0.15, -0.1) is 0 Å². The van der Waals surface area contributed by atoms with E-state index in [1.807, 2.05) is 6.07 Å². The zero-order valence-corrected chi connectivity index (χ0v) is 9.25. The molecule has 0 aliphatic heterocycles. The van der Waals surface area contributed by atoms with Crippen molar-refractivity contribution < 1.29 is 4.39 Å². The molecule has 0 saturated carbocycles. The van der Waals surface area contributed by atoms with Gasteiger partial charge in [0, 0.05) is 10.3 Å². The van der Waals surface area contributed by atoms with Gasteiger partial charge in [0.05, 0.1) is 0 Å². The van der Waals surface area contributed by atoms with E-state index in [4.69, 9.17) is 11.6 Å². The summed E-state index contributed by atoms with van der Waals surface area (Å²) in [5.41, 5.74) is 0.955. The second-order valence-electron chi connectivity index (χ2n) is 2.80. The number of hydrogen-bond acceptors (Lipinski definition) is 1. The molecule has 0 nitrogen and oxygen atoms in total. The van der Waals surface area contributed by atoms with Gasteiger partial charge in [-0.05, 0) is 36.4 Å². The Morgan fingerprint density at radius 2 is 2.15 bits per heavy atom. The maximum Gasteiger partial charge on any atom is 0.125 e. The molecule has 1 aromatic rings. The highest BCUT2D eigenvalue weighted by atomic mass is 35.5. The van der Waals surface area contributed by atoms with Gasteiger partial charge in [0.2, 0.25) is 0 Å². The molecule has 0 bridgehead atoms. The fraction of sp³-hybridized carbons (Fsp3) is 0.400. The van der Waals surface area contributed by atoms with Crippen LogP contribution < -0.4 is 0 Å². The van der Waals surface area contributed by atoms with E-state index in [0.717, 1.165) is 11.3 Å². The minimum Gasteiger partial charge on any atom is -0.207 e. The number of rotatable bonds is 3. The van der Waals surface area contributed by atoms with Crippen LogP contribution in [0.25, 0.3) is 0 Å². The Kier molecular flexibility index (Phi) is 4.07. The first-order valence-corrected chi connectivity index (χ1v) is 5.63. The Hall–Kier alpha value is -0.210. The van der Waals surface area contributed by atoms with Crippen LogP contribution in [0.3, 0.4) is 0 Å². The lowest BCUT2D eigenvalue weighted by Gasteiger charge is -2.10. The molecular formula is C10H12ClFS. The molecule has 0 N–H and O–H groups in total. The third kappa shape index (κ3) is 3.20. The van der Waals surface area contributed by atoms with Crippen LogP contribution >= 0.6 is 23.4 Å². The monoisotopic (exact) mass is 218 g/mol. The number of benzene rings is 1. The second kappa shape index (κ2) is 4.87. The molecule has 3 heteroatoms. The van der Waals surface area contributed by atoms with Crippen molar-refractivity contribution in [2.24, 2.45) is 0 Å². The summed E-state index contributed by atoms with van der Waals surface area (Å²) in [5, 5.41) is 0.775. The van der Waals surface area contributed by atoms with Crippen LogP contribution in [0.1, 0.15) is 24.7 Å². The van der Waals surface area contributed by atoms with Crippen molar-refractivity contribution in [3.8, 4) is 0 Å². The Balaban J connectivity index is 2.87. The topological polar surface area (TPSA) is 0 Å². The summed E-state index contributed by atoms with van der Waals surface area (Å²) in [6, 6.07) is 4.69. The van der Waals surface area contributed by atoms with Crippen molar-refractivity contribution in [2.75, 3.05) is 5.75 Å². The summed E-state index contributed by atoms with van der Waals surface area (Å²) < 4.78 is 12.9. The number of thioether (sulfide) groups is 1. The van der Waals surface area contributed by atoms with E-state index in [9.17, 15) is 4.39 Å². The highest BCUT2D eigenvalue weighted by Gasteiger charge is 2.07. The van der Waals surface area contributed by atoms with E-state index in [1.54, 1.807) is 17.8 Å². The van der Waals surface area contributed by atoms with Gasteiger partial charge in [0.15, 0.2) is 0 Å². The Morgan fingerprint density at radius 3 is 2.69 bits per heavy atom. The summed E-state index contributed by atoms with van der Waals surface area (Å²) in [7, 11) is 0. The predicted octanol–water partition coefficient (Wildman–Crippen LogP) is 4.29. The normalized spacial score (nSPS) is 12.9. The largest absolute Gasteiger partial charge is 0.207 e. The van der Waals surface area contributed by atoms with Crippen LogP contribution in [0.4, 0.5) is 4.39 Å².